The molecule has 1 aliphatic heterocycles. The fourth-order valence-electron chi connectivity index (χ4n) is 4.08. The van der Waals surface area contributed by atoms with Gasteiger partial charge in [0, 0.05) is 37.7 Å². The minimum Gasteiger partial charge on any atom is -0.462 e. The summed E-state index contributed by atoms with van der Waals surface area (Å²) in [4.78, 5) is 38.5. The quantitative estimate of drug-likeness (QED) is 0.544. The second-order valence-corrected chi connectivity index (χ2v) is 9.46. The number of carbonyl (C=O) groups is 1. The molecule has 1 aromatic carbocycles. The number of nitrogens with one attached hydrogen (secondary N) is 1. The highest BCUT2D eigenvalue weighted by molar-refractivity contribution is 7.20. The Morgan fingerprint density at radius 1 is 1.25 bits per heavy atom. The van der Waals surface area contributed by atoms with Crippen LogP contribution in [-0.4, -0.2) is 58.5 Å². The summed E-state index contributed by atoms with van der Waals surface area (Å²) < 4.78 is 5.12. The van der Waals surface area contributed by atoms with Crippen LogP contribution in [0.5, 0.6) is 0 Å². The Kier molecular flexibility index (Phi) is 6.95. The van der Waals surface area contributed by atoms with Crippen molar-refractivity contribution >= 4 is 39.1 Å². The zero-order chi connectivity index (χ0) is 22.8. The number of hydrogen-bond donors (Lipinski definition) is 1. The van der Waals surface area contributed by atoms with Crippen LogP contribution in [0.15, 0.2) is 29.1 Å². The summed E-state index contributed by atoms with van der Waals surface area (Å²) in [5.41, 5.74) is 1.67. The molecule has 1 saturated heterocycles. The predicted molar refractivity (Wildman–Crippen MR) is 128 cm³/mol. The van der Waals surface area contributed by atoms with Crippen molar-refractivity contribution in [2.75, 3.05) is 32.8 Å². The average molecular weight is 475 g/mol. The van der Waals surface area contributed by atoms with Gasteiger partial charge < -0.3 is 9.72 Å². The number of halogens is 1. The lowest BCUT2D eigenvalue weighted by Crippen LogP contribution is -2.47. The standard InChI is InChI=1S/C23H27ClN4O3S/c1-4-31-23(30)19-14(2)18-21(29)25-20(26-22(18)32-19)15(3)28-11-9-27(10-12-28)13-16-5-7-17(24)8-6-16/h5-8,15H,4,9-13H2,1-3H3,(H,25,26,29). The van der Waals surface area contributed by atoms with Crippen molar-refractivity contribution in [3.63, 3.8) is 0 Å². The smallest absolute Gasteiger partial charge is 0.348 e. The van der Waals surface area contributed by atoms with Gasteiger partial charge in [-0.15, -0.1) is 11.3 Å². The zero-order valence-corrected chi connectivity index (χ0v) is 20.1. The Labute approximate surface area is 196 Å². The molecule has 1 atom stereocenters. The zero-order valence-electron chi connectivity index (χ0n) is 18.5. The van der Waals surface area contributed by atoms with Crippen LogP contribution in [0.3, 0.4) is 0 Å². The van der Waals surface area contributed by atoms with Crippen molar-refractivity contribution in [1.82, 2.24) is 19.8 Å². The summed E-state index contributed by atoms with van der Waals surface area (Å²) in [5.74, 6) is 0.226. The second-order valence-electron chi connectivity index (χ2n) is 8.02. The number of esters is 1. The molecule has 32 heavy (non-hydrogen) atoms. The molecule has 0 saturated carbocycles. The van der Waals surface area contributed by atoms with Gasteiger partial charge in [0.15, 0.2) is 0 Å². The number of aryl methyl sites for hydroxylation is 1. The van der Waals surface area contributed by atoms with E-state index >= 15 is 0 Å². The van der Waals surface area contributed by atoms with E-state index in [4.69, 9.17) is 21.3 Å². The number of nitrogens with zero attached hydrogens (tertiary/aromatic N) is 3. The van der Waals surface area contributed by atoms with E-state index in [9.17, 15) is 9.59 Å². The van der Waals surface area contributed by atoms with Gasteiger partial charge in [-0.2, -0.15) is 0 Å². The van der Waals surface area contributed by atoms with Crippen LogP contribution in [0.4, 0.5) is 0 Å². The van der Waals surface area contributed by atoms with Crippen LogP contribution in [0.25, 0.3) is 10.2 Å². The highest BCUT2D eigenvalue weighted by atomic mass is 35.5. The lowest BCUT2D eigenvalue weighted by atomic mass is 10.1. The SMILES string of the molecule is CCOC(=O)c1sc2nc(C(C)N3CCN(Cc4ccc(Cl)cc4)CC3)[nH]c(=O)c2c1C. The van der Waals surface area contributed by atoms with Gasteiger partial charge >= 0.3 is 5.97 Å². The fraction of sp³-hybridized carbons (Fsp3) is 0.435. The molecule has 0 aliphatic carbocycles. The molecule has 0 bridgehead atoms. The number of rotatable bonds is 6. The molecule has 1 unspecified atom stereocenters. The van der Waals surface area contributed by atoms with Gasteiger partial charge in [-0.3, -0.25) is 14.6 Å². The van der Waals surface area contributed by atoms with Crippen LogP contribution >= 0.6 is 22.9 Å². The molecular formula is C23H27ClN4O3S. The molecule has 1 N–H and O–H groups in total. The maximum absolute atomic E-state index is 12.8. The molecule has 1 aliphatic rings. The highest BCUT2D eigenvalue weighted by Gasteiger charge is 2.26. The average Bonchev–Trinajstić information content (AvgIpc) is 3.12. The minimum atomic E-state index is -0.404. The van der Waals surface area contributed by atoms with E-state index < -0.39 is 5.97 Å². The van der Waals surface area contributed by atoms with Gasteiger partial charge in [0.1, 0.15) is 15.5 Å². The van der Waals surface area contributed by atoms with Crippen molar-refractivity contribution in [3.8, 4) is 0 Å². The number of thiophene rings is 1. The number of aromatic amines is 1. The summed E-state index contributed by atoms with van der Waals surface area (Å²) in [6.45, 7) is 10.4. The van der Waals surface area contributed by atoms with E-state index in [2.05, 4.69) is 33.8 Å². The molecule has 170 valence electrons. The fourth-order valence-corrected chi connectivity index (χ4v) is 5.29. The Hall–Kier alpha value is -2.26. The minimum absolute atomic E-state index is 0.0294. The van der Waals surface area contributed by atoms with Crippen LogP contribution in [0, 0.1) is 6.92 Å². The molecule has 2 aromatic heterocycles. The molecule has 7 nitrogen and oxygen atoms in total. The molecule has 1 fully saturated rings. The highest BCUT2D eigenvalue weighted by Crippen LogP contribution is 2.29. The third-order valence-corrected chi connectivity index (χ3v) is 7.37. The molecule has 9 heteroatoms. The third-order valence-electron chi connectivity index (χ3n) is 5.95. The van der Waals surface area contributed by atoms with E-state index in [1.807, 2.05) is 12.1 Å². The first-order valence-electron chi connectivity index (χ1n) is 10.8. The number of hydrogen-bond acceptors (Lipinski definition) is 7. The normalized spacial score (nSPS) is 16.4. The van der Waals surface area contributed by atoms with Crippen LogP contribution in [-0.2, 0) is 11.3 Å². The van der Waals surface area contributed by atoms with E-state index in [1.165, 1.54) is 16.9 Å². The van der Waals surface area contributed by atoms with Crippen molar-refractivity contribution in [2.45, 2.75) is 33.4 Å². The predicted octanol–water partition coefficient (Wildman–Crippen LogP) is 4.00. The maximum atomic E-state index is 12.8. The number of H-pyrrole nitrogens is 1. The summed E-state index contributed by atoms with van der Waals surface area (Å²) in [5, 5.41) is 1.22. The van der Waals surface area contributed by atoms with Gasteiger partial charge in [0.25, 0.3) is 5.56 Å². The molecule has 4 rings (SSSR count). The van der Waals surface area contributed by atoms with Crippen molar-refractivity contribution in [3.05, 3.63) is 61.5 Å². The van der Waals surface area contributed by atoms with E-state index in [-0.39, 0.29) is 11.6 Å². The van der Waals surface area contributed by atoms with E-state index in [0.29, 0.717) is 33.1 Å². The topological polar surface area (TPSA) is 78.5 Å². The van der Waals surface area contributed by atoms with E-state index in [1.54, 1.807) is 13.8 Å². The number of fused-ring (bicyclic) bond motifs is 1. The number of benzene rings is 1. The second kappa shape index (κ2) is 9.70. The Morgan fingerprint density at radius 3 is 2.59 bits per heavy atom. The van der Waals surface area contributed by atoms with Crippen LogP contribution < -0.4 is 5.56 Å². The summed E-state index contributed by atoms with van der Waals surface area (Å²) in [6.07, 6.45) is 0. The number of piperazine rings is 1. The summed E-state index contributed by atoms with van der Waals surface area (Å²) >= 11 is 7.21. The van der Waals surface area contributed by atoms with Gasteiger partial charge in [-0.25, -0.2) is 9.78 Å². The number of carbonyl (C=O) groups excluding carboxylic acids is 1. The third kappa shape index (κ3) is 4.73. The Morgan fingerprint density at radius 2 is 1.94 bits per heavy atom. The maximum Gasteiger partial charge on any atom is 0.348 e. The first-order chi connectivity index (χ1) is 15.4. The molecule has 3 heterocycles. The molecule has 3 aromatic rings. The first kappa shape index (κ1) is 22.9. The van der Waals surface area contributed by atoms with Gasteiger partial charge in [0.2, 0.25) is 0 Å². The summed E-state index contributed by atoms with van der Waals surface area (Å²) in [7, 11) is 0. The van der Waals surface area contributed by atoms with Crippen molar-refractivity contribution in [1.29, 1.82) is 0 Å². The molecule has 0 spiro atoms. The Bertz CT molecular complexity index is 1170. The molecular weight excluding hydrogens is 448 g/mol. The van der Waals surface area contributed by atoms with Crippen molar-refractivity contribution < 1.29 is 9.53 Å². The number of aromatic nitrogens is 2. The molecule has 0 amide bonds. The van der Waals surface area contributed by atoms with Gasteiger partial charge in [-0.1, -0.05) is 23.7 Å². The molecule has 0 radical (unpaired) electrons. The van der Waals surface area contributed by atoms with Crippen molar-refractivity contribution in [2.24, 2.45) is 0 Å². The van der Waals surface area contributed by atoms with Crippen LogP contribution in [0.2, 0.25) is 5.02 Å². The van der Waals surface area contributed by atoms with E-state index in [0.717, 1.165) is 37.7 Å². The van der Waals surface area contributed by atoms with Gasteiger partial charge in [-0.05, 0) is 44.0 Å². The monoisotopic (exact) mass is 474 g/mol. The van der Waals surface area contributed by atoms with Gasteiger partial charge in [0.05, 0.1) is 18.0 Å². The van der Waals surface area contributed by atoms with Crippen LogP contribution in [0.1, 0.15) is 46.5 Å². The Balaban J connectivity index is 1.47. The largest absolute Gasteiger partial charge is 0.462 e. The lowest BCUT2D eigenvalue weighted by molar-refractivity contribution is 0.0531. The number of ether oxygens (including phenoxy) is 1. The summed E-state index contributed by atoms with van der Waals surface area (Å²) in [6, 6.07) is 7.95. The lowest BCUT2D eigenvalue weighted by Gasteiger charge is -2.37. The first-order valence-corrected chi connectivity index (χ1v) is 12.0.